The number of rotatable bonds is 1. The normalized spacial score (nSPS) is 32.0. The van der Waals surface area contributed by atoms with Gasteiger partial charge in [0.15, 0.2) is 0 Å². The van der Waals surface area contributed by atoms with Crippen LogP contribution in [0.25, 0.3) is 0 Å². The molecular formula is C6H7BrO3. The van der Waals surface area contributed by atoms with Crippen LogP contribution < -0.4 is 0 Å². The Morgan fingerprint density at radius 2 is 2.50 bits per heavy atom. The van der Waals surface area contributed by atoms with Crippen molar-refractivity contribution in [1.82, 2.24) is 0 Å². The molecule has 1 aliphatic heterocycles. The maximum atomic E-state index is 10.5. The van der Waals surface area contributed by atoms with Crippen molar-refractivity contribution < 1.29 is 14.6 Å². The molecule has 0 fully saturated rings. The first-order valence-electron chi connectivity index (χ1n) is 2.87. The van der Waals surface area contributed by atoms with Crippen molar-refractivity contribution >= 4 is 21.9 Å². The molecule has 0 saturated carbocycles. The van der Waals surface area contributed by atoms with Gasteiger partial charge in [0.25, 0.3) is 0 Å². The average Bonchev–Trinajstić information content (AvgIpc) is 1.94. The number of carbonyl (C=O) groups excluding carboxylic acids is 1. The van der Waals surface area contributed by atoms with E-state index >= 15 is 0 Å². The molecule has 3 nitrogen and oxygen atoms in total. The molecule has 1 heterocycles. The standard InChI is InChI=1S/C6H7BrO3/c7-3-5-4(8)1-2-6(9)10-5/h1-2,4-5,8H,3H2. The van der Waals surface area contributed by atoms with Crippen molar-refractivity contribution in [2.24, 2.45) is 0 Å². The molecule has 2 unspecified atom stereocenters. The summed E-state index contributed by atoms with van der Waals surface area (Å²) in [6.07, 6.45) is 1.55. The SMILES string of the molecule is O=C1C=CC(O)C(CBr)O1. The molecule has 1 aliphatic rings. The third kappa shape index (κ3) is 1.58. The number of carbonyl (C=O) groups is 1. The molecule has 0 aliphatic carbocycles. The average molecular weight is 207 g/mol. The molecular weight excluding hydrogens is 200 g/mol. The fraction of sp³-hybridized carbons (Fsp3) is 0.500. The zero-order valence-corrected chi connectivity index (χ0v) is 6.74. The molecule has 0 aromatic rings. The summed E-state index contributed by atoms with van der Waals surface area (Å²) < 4.78 is 4.73. The van der Waals surface area contributed by atoms with Gasteiger partial charge >= 0.3 is 5.97 Å². The first-order chi connectivity index (χ1) is 4.74. The third-order valence-electron chi connectivity index (χ3n) is 1.23. The van der Waals surface area contributed by atoms with Crippen LogP contribution in [0.15, 0.2) is 12.2 Å². The summed E-state index contributed by atoms with van der Waals surface area (Å²) in [6, 6.07) is 0. The monoisotopic (exact) mass is 206 g/mol. The van der Waals surface area contributed by atoms with E-state index in [1.165, 1.54) is 12.2 Å². The third-order valence-corrected chi connectivity index (χ3v) is 1.87. The van der Waals surface area contributed by atoms with Gasteiger partial charge in [-0.05, 0) is 6.08 Å². The molecule has 1 rings (SSSR count). The fourth-order valence-electron chi connectivity index (χ4n) is 0.682. The zero-order chi connectivity index (χ0) is 7.56. The fourth-order valence-corrected chi connectivity index (χ4v) is 1.20. The van der Waals surface area contributed by atoms with E-state index in [1.807, 2.05) is 0 Å². The molecule has 4 heteroatoms. The Morgan fingerprint density at radius 3 is 3.00 bits per heavy atom. The number of alkyl halides is 1. The summed E-state index contributed by atoms with van der Waals surface area (Å²) in [5.74, 6) is -0.394. The number of ether oxygens (including phenoxy) is 1. The van der Waals surface area contributed by atoms with Gasteiger partial charge in [0.1, 0.15) is 12.2 Å². The molecule has 2 atom stereocenters. The van der Waals surface area contributed by atoms with E-state index in [1.54, 1.807) is 0 Å². The molecule has 1 N–H and O–H groups in total. The van der Waals surface area contributed by atoms with Gasteiger partial charge in [0.2, 0.25) is 0 Å². The Bertz CT molecular complexity index is 166. The highest BCUT2D eigenvalue weighted by Gasteiger charge is 2.22. The van der Waals surface area contributed by atoms with Crippen molar-refractivity contribution in [3.8, 4) is 0 Å². The van der Waals surface area contributed by atoms with E-state index in [0.717, 1.165) is 0 Å². The van der Waals surface area contributed by atoms with Crippen molar-refractivity contribution in [2.75, 3.05) is 5.33 Å². The van der Waals surface area contributed by atoms with E-state index < -0.39 is 18.2 Å². The highest BCUT2D eigenvalue weighted by atomic mass is 79.9. The summed E-state index contributed by atoms with van der Waals surface area (Å²) in [5.41, 5.74) is 0. The lowest BCUT2D eigenvalue weighted by atomic mass is 10.2. The number of aliphatic hydroxyl groups is 1. The second-order valence-corrected chi connectivity index (χ2v) is 2.63. The van der Waals surface area contributed by atoms with E-state index in [2.05, 4.69) is 15.9 Å². The molecule has 0 radical (unpaired) electrons. The predicted octanol–water partition coefficient (Wildman–Crippen LogP) is 0.224. The highest BCUT2D eigenvalue weighted by Crippen LogP contribution is 2.10. The van der Waals surface area contributed by atoms with Gasteiger partial charge in [0.05, 0.1) is 0 Å². The van der Waals surface area contributed by atoms with Gasteiger partial charge in [-0.1, -0.05) is 15.9 Å². The second-order valence-electron chi connectivity index (χ2n) is 1.98. The molecule has 0 amide bonds. The van der Waals surface area contributed by atoms with Crippen molar-refractivity contribution in [2.45, 2.75) is 12.2 Å². The summed E-state index contributed by atoms with van der Waals surface area (Å²) in [7, 11) is 0. The van der Waals surface area contributed by atoms with Crippen LogP contribution in [-0.4, -0.2) is 28.6 Å². The summed E-state index contributed by atoms with van der Waals surface area (Å²) in [4.78, 5) is 10.5. The Balaban J connectivity index is 2.62. The zero-order valence-electron chi connectivity index (χ0n) is 5.16. The lowest BCUT2D eigenvalue weighted by Crippen LogP contribution is -2.34. The van der Waals surface area contributed by atoms with Gasteiger partial charge in [-0.2, -0.15) is 0 Å². The first kappa shape index (κ1) is 7.75. The Hall–Kier alpha value is -0.350. The molecule has 0 spiro atoms. The molecule has 10 heavy (non-hydrogen) atoms. The van der Waals surface area contributed by atoms with Crippen LogP contribution in [0.1, 0.15) is 0 Å². The Labute approximate surface area is 66.8 Å². The number of hydrogen-bond donors (Lipinski definition) is 1. The van der Waals surface area contributed by atoms with Gasteiger partial charge in [-0.15, -0.1) is 0 Å². The molecule has 0 bridgehead atoms. The number of cyclic esters (lactones) is 1. The van der Waals surface area contributed by atoms with E-state index in [4.69, 9.17) is 9.84 Å². The molecule has 0 saturated heterocycles. The van der Waals surface area contributed by atoms with E-state index in [0.29, 0.717) is 5.33 Å². The van der Waals surface area contributed by atoms with E-state index in [9.17, 15) is 4.79 Å². The topological polar surface area (TPSA) is 46.5 Å². The van der Waals surface area contributed by atoms with Gasteiger partial charge in [-0.3, -0.25) is 0 Å². The molecule has 0 aromatic carbocycles. The summed E-state index contributed by atoms with van der Waals surface area (Å²) in [5, 5.41) is 9.56. The lowest BCUT2D eigenvalue weighted by Gasteiger charge is -2.21. The summed E-state index contributed by atoms with van der Waals surface area (Å²) >= 11 is 3.11. The van der Waals surface area contributed by atoms with Crippen LogP contribution in [-0.2, 0) is 9.53 Å². The largest absolute Gasteiger partial charge is 0.455 e. The van der Waals surface area contributed by atoms with Crippen LogP contribution >= 0.6 is 15.9 Å². The Kier molecular flexibility index (Phi) is 2.45. The first-order valence-corrected chi connectivity index (χ1v) is 3.99. The van der Waals surface area contributed by atoms with Crippen LogP contribution in [0.5, 0.6) is 0 Å². The molecule has 56 valence electrons. The van der Waals surface area contributed by atoms with Crippen LogP contribution in [0.4, 0.5) is 0 Å². The second kappa shape index (κ2) is 3.16. The van der Waals surface area contributed by atoms with Crippen molar-refractivity contribution in [3.63, 3.8) is 0 Å². The number of esters is 1. The van der Waals surface area contributed by atoms with Crippen LogP contribution in [0, 0.1) is 0 Å². The molecule has 0 aromatic heterocycles. The highest BCUT2D eigenvalue weighted by molar-refractivity contribution is 9.09. The minimum atomic E-state index is -0.669. The lowest BCUT2D eigenvalue weighted by molar-refractivity contribution is -0.147. The number of aliphatic hydroxyl groups excluding tert-OH is 1. The maximum absolute atomic E-state index is 10.5. The van der Waals surface area contributed by atoms with Gasteiger partial charge < -0.3 is 9.84 Å². The predicted molar refractivity (Wildman–Crippen MR) is 38.8 cm³/mol. The van der Waals surface area contributed by atoms with Crippen molar-refractivity contribution in [3.05, 3.63) is 12.2 Å². The van der Waals surface area contributed by atoms with Crippen LogP contribution in [0.2, 0.25) is 0 Å². The van der Waals surface area contributed by atoms with E-state index in [-0.39, 0.29) is 0 Å². The number of halogens is 1. The minimum Gasteiger partial charge on any atom is -0.455 e. The van der Waals surface area contributed by atoms with Crippen LogP contribution in [0.3, 0.4) is 0 Å². The summed E-state index contributed by atoms with van der Waals surface area (Å²) in [6.45, 7) is 0. The van der Waals surface area contributed by atoms with Crippen molar-refractivity contribution in [1.29, 1.82) is 0 Å². The smallest absolute Gasteiger partial charge is 0.330 e. The quantitative estimate of drug-likeness (QED) is 0.494. The minimum absolute atomic E-state index is 0.394. The number of hydrogen-bond acceptors (Lipinski definition) is 3. The van der Waals surface area contributed by atoms with Gasteiger partial charge in [0, 0.05) is 11.4 Å². The Morgan fingerprint density at radius 1 is 1.80 bits per heavy atom. The maximum Gasteiger partial charge on any atom is 0.330 e. The van der Waals surface area contributed by atoms with Gasteiger partial charge in [-0.25, -0.2) is 4.79 Å².